The molecule has 1 N–H and O–H groups in total. The third kappa shape index (κ3) is 3.46. The monoisotopic (exact) mass is 333 g/mol. The molecule has 0 saturated carbocycles. The van der Waals surface area contributed by atoms with Gasteiger partial charge < -0.3 is 5.32 Å². The number of carbonyl (C=O) groups is 1. The number of rotatable bonds is 4. The quantitative estimate of drug-likeness (QED) is 0.519. The summed E-state index contributed by atoms with van der Waals surface area (Å²) in [6, 6.07) is 5.45. The average Bonchev–Trinajstić information content (AvgIpc) is 2.54. The summed E-state index contributed by atoms with van der Waals surface area (Å²) < 4.78 is 79.1. The molecule has 0 aromatic heterocycles. The van der Waals surface area contributed by atoms with Gasteiger partial charge >= 0.3 is 0 Å². The lowest BCUT2D eigenvalue weighted by atomic mass is 10.1. The van der Waals surface area contributed by atoms with Crippen LogP contribution in [0.2, 0.25) is 0 Å². The Morgan fingerprint density at radius 2 is 1.35 bits per heavy atom. The molecule has 1 amide bonds. The molecule has 122 valence electrons. The predicted octanol–water partition coefficient (Wildman–Crippen LogP) is 3.38. The Hall–Kier alpha value is -2.51. The van der Waals surface area contributed by atoms with Gasteiger partial charge in [0, 0.05) is 17.7 Å². The fourth-order valence-electron chi connectivity index (χ4n) is 1.86. The zero-order valence-corrected chi connectivity index (χ0v) is 11.4. The van der Waals surface area contributed by atoms with Crippen LogP contribution in [0.25, 0.3) is 0 Å². The van der Waals surface area contributed by atoms with E-state index in [0.717, 1.165) is 6.07 Å². The first-order valence-corrected chi connectivity index (χ1v) is 6.33. The molecule has 0 aliphatic rings. The van der Waals surface area contributed by atoms with Gasteiger partial charge in [0.2, 0.25) is 11.7 Å². The van der Waals surface area contributed by atoms with Crippen LogP contribution in [0.15, 0.2) is 24.3 Å². The predicted molar refractivity (Wildman–Crippen MR) is 68.2 cm³/mol. The summed E-state index contributed by atoms with van der Waals surface area (Å²) in [4.78, 5) is 11.6. The number of amides is 1. The van der Waals surface area contributed by atoms with Crippen molar-refractivity contribution in [2.24, 2.45) is 0 Å². The number of hydrogen-bond acceptors (Lipinski definition) is 1. The highest BCUT2D eigenvalue weighted by atomic mass is 19.2. The lowest BCUT2D eigenvalue weighted by Gasteiger charge is -2.09. The molecule has 8 heteroatoms. The minimum atomic E-state index is -2.30. The van der Waals surface area contributed by atoms with Crippen molar-refractivity contribution in [1.29, 1.82) is 0 Å². The molecule has 0 atom stereocenters. The second-order valence-corrected chi connectivity index (χ2v) is 4.59. The molecule has 0 radical (unpaired) electrons. The van der Waals surface area contributed by atoms with E-state index >= 15 is 0 Å². The number of nitrogens with one attached hydrogen (secondary N) is 1. The first kappa shape index (κ1) is 16.9. The second kappa shape index (κ2) is 6.72. The molecule has 0 spiro atoms. The first-order chi connectivity index (χ1) is 10.8. The summed E-state index contributed by atoms with van der Waals surface area (Å²) in [6.07, 6.45) is -1.07. The van der Waals surface area contributed by atoms with Gasteiger partial charge in [-0.15, -0.1) is 0 Å². The van der Waals surface area contributed by atoms with E-state index in [9.17, 15) is 31.1 Å². The fraction of sp³-hybridized carbons (Fsp3) is 0.133. The van der Waals surface area contributed by atoms with Gasteiger partial charge in [0.25, 0.3) is 0 Å². The molecule has 0 unspecified atom stereocenters. The highest BCUT2D eigenvalue weighted by Gasteiger charge is 2.26. The first-order valence-electron chi connectivity index (χ1n) is 6.33. The van der Waals surface area contributed by atoms with Gasteiger partial charge in [0.05, 0.1) is 6.42 Å². The lowest BCUT2D eigenvalue weighted by molar-refractivity contribution is -0.120. The van der Waals surface area contributed by atoms with Crippen LogP contribution >= 0.6 is 0 Å². The van der Waals surface area contributed by atoms with Crippen LogP contribution in [-0.2, 0) is 17.8 Å². The highest BCUT2D eigenvalue weighted by Crippen LogP contribution is 2.23. The standard InChI is InChI=1S/C15H9F6NO/c16-9-4-2-1-3-7(9)6-22-10(23)5-8-11(17)13(19)15(21)14(20)12(8)18/h1-4H,5-6H2,(H,22,23). The Labute approximate surface area is 126 Å². The maximum Gasteiger partial charge on any atom is 0.224 e. The lowest BCUT2D eigenvalue weighted by Crippen LogP contribution is -2.26. The molecule has 23 heavy (non-hydrogen) atoms. The largest absolute Gasteiger partial charge is 0.352 e. The second-order valence-electron chi connectivity index (χ2n) is 4.59. The third-order valence-corrected chi connectivity index (χ3v) is 3.07. The van der Waals surface area contributed by atoms with E-state index in [1.165, 1.54) is 18.2 Å². The molecular formula is C15H9F6NO. The van der Waals surface area contributed by atoms with Crippen LogP contribution < -0.4 is 5.32 Å². The van der Waals surface area contributed by atoms with E-state index in [1.54, 1.807) is 0 Å². The molecule has 0 saturated heterocycles. The smallest absolute Gasteiger partial charge is 0.224 e. The van der Waals surface area contributed by atoms with Crippen LogP contribution in [-0.4, -0.2) is 5.91 Å². The molecule has 0 heterocycles. The SMILES string of the molecule is O=C(Cc1c(F)c(F)c(F)c(F)c1F)NCc1ccccc1F. The number of carbonyl (C=O) groups excluding carboxylic acids is 1. The van der Waals surface area contributed by atoms with Crippen molar-refractivity contribution in [2.75, 3.05) is 0 Å². The Morgan fingerprint density at radius 1 is 0.826 bits per heavy atom. The number of halogens is 6. The molecule has 2 aromatic carbocycles. The Kier molecular flexibility index (Phi) is 4.92. The summed E-state index contributed by atoms with van der Waals surface area (Å²) in [5.41, 5.74) is -1.13. The minimum Gasteiger partial charge on any atom is -0.352 e. The van der Waals surface area contributed by atoms with Gasteiger partial charge in [-0.3, -0.25) is 4.79 Å². The van der Waals surface area contributed by atoms with Gasteiger partial charge in [0.15, 0.2) is 23.3 Å². The maximum atomic E-state index is 13.4. The van der Waals surface area contributed by atoms with Gasteiger partial charge in [-0.25, -0.2) is 26.3 Å². The third-order valence-electron chi connectivity index (χ3n) is 3.07. The summed E-state index contributed by atoms with van der Waals surface area (Å²) in [6.45, 7) is -0.291. The molecular weight excluding hydrogens is 324 g/mol. The summed E-state index contributed by atoms with van der Waals surface area (Å²) in [5, 5.41) is 2.15. The molecule has 0 bridgehead atoms. The summed E-state index contributed by atoms with van der Waals surface area (Å²) >= 11 is 0. The van der Waals surface area contributed by atoms with Crippen molar-refractivity contribution >= 4 is 5.91 Å². The number of hydrogen-bond donors (Lipinski definition) is 1. The minimum absolute atomic E-state index is 0.110. The van der Waals surface area contributed by atoms with Crippen molar-refractivity contribution in [1.82, 2.24) is 5.32 Å². The Balaban J connectivity index is 2.14. The van der Waals surface area contributed by atoms with Crippen LogP contribution in [0.1, 0.15) is 11.1 Å². The van der Waals surface area contributed by atoms with E-state index < -0.39 is 52.8 Å². The molecule has 2 aromatic rings. The van der Waals surface area contributed by atoms with E-state index in [1.807, 2.05) is 0 Å². The molecule has 0 fully saturated rings. The Bertz CT molecular complexity index is 733. The topological polar surface area (TPSA) is 29.1 Å². The fourth-order valence-corrected chi connectivity index (χ4v) is 1.86. The Morgan fingerprint density at radius 3 is 1.91 bits per heavy atom. The zero-order chi connectivity index (χ0) is 17.1. The van der Waals surface area contributed by atoms with Crippen LogP contribution in [0, 0.1) is 34.9 Å². The van der Waals surface area contributed by atoms with Crippen molar-refractivity contribution in [3.05, 3.63) is 70.3 Å². The average molecular weight is 333 g/mol. The van der Waals surface area contributed by atoms with Crippen LogP contribution in [0.3, 0.4) is 0 Å². The van der Waals surface area contributed by atoms with Gasteiger partial charge in [-0.2, -0.15) is 0 Å². The van der Waals surface area contributed by atoms with Gasteiger partial charge in [0.1, 0.15) is 5.82 Å². The van der Waals surface area contributed by atoms with Gasteiger partial charge in [-0.1, -0.05) is 18.2 Å². The molecule has 0 aliphatic heterocycles. The van der Waals surface area contributed by atoms with E-state index in [2.05, 4.69) is 5.32 Å². The molecule has 0 aliphatic carbocycles. The summed E-state index contributed by atoms with van der Waals surface area (Å²) in [5.74, 6) is -12.3. The summed E-state index contributed by atoms with van der Waals surface area (Å²) in [7, 11) is 0. The van der Waals surface area contributed by atoms with E-state index in [4.69, 9.17) is 0 Å². The van der Waals surface area contributed by atoms with Crippen molar-refractivity contribution in [3.63, 3.8) is 0 Å². The maximum absolute atomic E-state index is 13.4. The molecule has 2 nitrogen and oxygen atoms in total. The van der Waals surface area contributed by atoms with Crippen molar-refractivity contribution in [2.45, 2.75) is 13.0 Å². The van der Waals surface area contributed by atoms with Crippen LogP contribution in [0.4, 0.5) is 26.3 Å². The van der Waals surface area contributed by atoms with Crippen molar-refractivity contribution in [3.8, 4) is 0 Å². The van der Waals surface area contributed by atoms with Crippen molar-refractivity contribution < 1.29 is 31.1 Å². The van der Waals surface area contributed by atoms with E-state index in [-0.39, 0.29) is 12.1 Å². The normalized spacial score (nSPS) is 10.7. The number of benzene rings is 2. The van der Waals surface area contributed by atoms with Crippen LogP contribution in [0.5, 0.6) is 0 Å². The van der Waals surface area contributed by atoms with Gasteiger partial charge in [-0.05, 0) is 6.07 Å². The zero-order valence-electron chi connectivity index (χ0n) is 11.4. The van der Waals surface area contributed by atoms with E-state index in [0.29, 0.717) is 0 Å². The molecule has 2 rings (SSSR count). The highest BCUT2D eigenvalue weighted by molar-refractivity contribution is 5.78.